The number of rotatable bonds is 1. The molecule has 0 atom stereocenters. The molecule has 2 N–H and O–H groups in total. The predicted molar refractivity (Wildman–Crippen MR) is 46.4 cm³/mol. The largest absolute Gasteiger partial charge is 0.321 e. The SMILES string of the molecule is NC1(c2ccc(F)c(F)c2)CC(F)(F)C1. The molecular formula is C10H9F4N. The molecule has 0 spiro atoms. The summed E-state index contributed by atoms with van der Waals surface area (Å²) in [5.41, 5.74) is 4.64. The quantitative estimate of drug-likeness (QED) is 0.721. The Morgan fingerprint density at radius 2 is 1.67 bits per heavy atom. The van der Waals surface area contributed by atoms with Crippen molar-refractivity contribution in [3.8, 4) is 0 Å². The zero-order chi connectivity index (χ0) is 11.3. The summed E-state index contributed by atoms with van der Waals surface area (Å²) in [6, 6.07) is 3.02. The van der Waals surface area contributed by atoms with Gasteiger partial charge >= 0.3 is 0 Å². The molecule has 0 amide bonds. The molecular weight excluding hydrogens is 210 g/mol. The van der Waals surface area contributed by atoms with Gasteiger partial charge in [0.1, 0.15) is 0 Å². The zero-order valence-electron chi connectivity index (χ0n) is 7.74. The molecule has 1 saturated carbocycles. The Balaban J connectivity index is 2.28. The molecule has 0 heterocycles. The molecule has 0 saturated heterocycles. The second kappa shape index (κ2) is 2.95. The van der Waals surface area contributed by atoms with Crippen molar-refractivity contribution < 1.29 is 17.6 Å². The van der Waals surface area contributed by atoms with E-state index in [1.807, 2.05) is 0 Å². The third-order valence-corrected chi connectivity index (χ3v) is 2.64. The number of hydrogen-bond acceptors (Lipinski definition) is 1. The lowest BCUT2D eigenvalue weighted by atomic mass is 9.70. The van der Waals surface area contributed by atoms with E-state index in [0.717, 1.165) is 12.1 Å². The summed E-state index contributed by atoms with van der Waals surface area (Å²) in [6.07, 6.45) is -1.05. The minimum absolute atomic E-state index is 0.215. The van der Waals surface area contributed by atoms with E-state index < -0.39 is 35.9 Å². The molecule has 5 heteroatoms. The van der Waals surface area contributed by atoms with Crippen LogP contribution in [-0.4, -0.2) is 5.92 Å². The normalized spacial score (nSPS) is 22.2. The van der Waals surface area contributed by atoms with Gasteiger partial charge in [-0.2, -0.15) is 0 Å². The number of halogens is 4. The highest BCUT2D eigenvalue weighted by Gasteiger charge is 2.55. The smallest absolute Gasteiger partial charge is 0.252 e. The Hall–Kier alpha value is -1.10. The minimum atomic E-state index is -2.79. The monoisotopic (exact) mass is 219 g/mol. The summed E-state index contributed by atoms with van der Waals surface area (Å²) in [5.74, 6) is -4.86. The molecule has 1 aromatic rings. The van der Waals surface area contributed by atoms with Gasteiger partial charge in [0.2, 0.25) is 0 Å². The molecule has 82 valence electrons. The maximum absolute atomic E-state index is 12.8. The second-order valence-electron chi connectivity index (χ2n) is 3.99. The molecule has 0 unspecified atom stereocenters. The van der Waals surface area contributed by atoms with E-state index in [1.54, 1.807) is 0 Å². The summed E-state index contributed by atoms with van der Waals surface area (Å²) in [7, 11) is 0. The zero-order valence-corrected chi connectivity index (χ0v) is 7.74. The molecule has 0 bridgehead atoms. The van der Waals surface area contributed by atoms with Crippen molar-refractivity contribution >= 4 is 0 Å². The fraction of sp³-hybridized carbons (Fsp3) is 0.400. The van der Waals surface area contributed by atoms with Gasteiger partial charge in [-0.25, -0.2) is 17.6 Å². The Kier molecular flexibility index (Phi) is 2.05. The molecule has 0 aromatic heterocycles. The van der Waals surface area contributed by atoms with Crippen molar-refractivity contribution in [1.29, 1.82) is 0 Å². The average Bonchev–Trinajstić information content (AvgIpc) is 2.06. The van der Waals surface area contributed by atoms with E-state index in [9.17, 15) is 17.6 Å². The summed E-state index contributed by atoms with van der Waals surface area (Å²) in [4.78, 5) is 0. The van der Waals surface area contributed by atoms with E-state index in [2.05, 4.69) is 0 Å². The molecule has 2 rings (SSSR count). The van der Waals surface area contributed by atoms with Crippen molar-refractivity contribution in [3.05, 3.63) is 35.4 Å². The maximum atomic E-state index is 12.8. The van der Waals surface area contributed by atoms with Crippen LogP contribution in [-0.2, 0) is 5.54 Å². The van der Waals surface area contributed by atoms with Gasteiger partial charge < -0.3 is 5.73 Å². The summed E-state index contributed by atoms with van der Waals surface area (Å²) < 4.78 is 50.7. The molecule has 1 nitrogen and oxygen atoms in total. The van der Waals surface area contributed by atoms with Crippen molar-refractivity contribution in [2.24, 2.45) is 5.73 Å². The molecule has 1 aromatic carbocycles. The fourth-order valence-corrected chi connectivity index (χ4v) is 1.88. The number of benzene rings is 1. The highest BCUT2D eigenvalue weighted by molar-refractivity contribution is 5.29. The van der Waals surface area contributed by atoms with Crippen LogP contribution in [0.25, 0.3) is 0 Å². The van der Waals surface area contributed by atoms with E-state index in [-0.39, 0.29) is 5.56 Å². The van der Waals surface area contributed by atoms with Crippen LogP contribution in [0.5, 0.6) is 0 Å². The van der Waals surface area contributed by atoms with Gasteiger partial charge in [0.05, 0.1) is 5.54 Å². The van der Waals surface area contributed by atoms with Crippen LogP contribution < -0.4 is 5.73 Å². The first kappa shape index (κ1) is 10.4. The molecule has 1 fully saturated rings. The van der Waals surface area contributed by atoms with Crippen molar-refractivity contribution in [3.63, 3.8) is 0 Å². The summed E-state index contributed by atoms with van der Waals surface area (Å²) in [6.45, 7) is 0. The Morgan fingerprint density at radius 3 is 2.13 bits per heavy atom. The Labute approximate surface area is 83.9 Å². The first-order chi connectivity index (χ1) is 6.82. The predicted octanol–water partition coefficient (Wildman–Crippen LogP) is 2.55. The Bertz CT molecular complexity index is 394. The fourth-order valence-electron chi connectivity index (χ4n) is 1.88. The second-order valence-corrected chi connectivity index (χ2v) is 3.99. The highest BCUT2D eigenvalue weighted by atomic mass is 19.3. The van der Waals surface area contributed by atoms with Crippen molar-refractivity contribution in [1.82, 2.24) is 0 Å². The van der Waals surface area contributed by atoms with Crippen LogP contribution in [0.4, 0.5) is 17.6 Å². The third kappa shape index (κ3) is 1.71. The van der Waals surface area contributed by atoms with Crippen LogP contribution >= 0.6 is 0 Å². The first-order valence-electron chi connectivity index (χ1n) is 4.45. The van der Waals surface area contributed by atoms with Crippen LogP contribution in [0.1, 0.15) is 18.4 Å². The minimum Gasteiger partial charge on any atom is -0.321 e. The Morgan fingerprint density at radius 1 is 1.07 bits per heavy atom. The summed E-state index contributed by atoms with van der Waals surface area (Å²) >= 11 is 0. The van der Waals surface area contributed by atoms with Crippen LogP contribution in [0.15, 0.2) is 18.2 Å². The number of nitrogens with two attached hydrogens (primary N) is 1. The molecule has 0 radical (unpaired) electrons. The van der Waals surface area contributed by atoms with E-state index in [4.69, 9.17) is 5.73 Å². The lowest BCUT2D eigenvalue weighted by Gasteiger charge is -2.44. The van der Waals surface area contributed by atoms with Gasteiger partial charge in [0, 0.05) is 12.8 Å². The van der Waals surface area contributed by atoms with Gasteiger partial charge in [0.25, 0.3) is 5.92 Å². The van der Waals surface area contributed by atoms with Gasteiger partial charge in [-0.3, -0.25) is 0 Å². The van der Waals surface area contributed by atoms with Gasteiger partial charge in [-0.05, 0) is 17.7 Å². The number of hydrogen-bond donors (Lipinski definition) is 1. The van der Waals surface area contributed by atoms with Crippen molar-refractivity contribution in [2.45, 2.75) is 24.3 Å². The molecule has 0 aliphatic heterocycles. The molecule has 1 aliphatic carbocycles. The lowest BCUT2D eigenvalue weighted by molar-refractivity contribution is -0.125. The molecule has 1 aliphatic rings. The van der Waals surface area contributed by atoms with Gasteiger partial charge in [-0.15, -0.1) is 0 Å². The maximum Gasteiger partial charge on any atom is 0.252 e. The highest BCUT2D eigenvalue weighted by Crippen LogP contribution is 2.49. The van der Waals surface area contributed by atoms with E-state index >= 15 is 0 Å². The standard InChI is InChI=1S/C10H9F4N/c11-7-2-1-6(3-8(7)12)9(15)4-10(13,14)5-9/h1-3H,4-5,15H2. The van der Waals surface area contributed by atoms with Crippen molar-refractivity contribution in [2.75, 3.05) is 0 Å². The van der Waals surface area contributed by atoms with E-state index in [1.165, 1.54) is 6.07 Å². The number of alkyl halides is 2. The van der Waals surface area contributed by atoms with Crippen LogP contribution in [0, 0.1) is 11.6 Å². The van der Waals surface area contributed by atoms with Gasteiger partial charge in [0.15, 0.2) is 11.6 Å². The van der Waals surface area contributed by atoms with E-state index in [0.29, 0.717) is 0 Å². The first-order valence-corrected chi connectivity index (χ1v) is 4.45. The van der Waals surface area contributed by atoms with Crippen LogP contribution in [0.3, 0.4) is 0 Å². The van der Waals surface area contributed by atoms with Crippen LogP contribution in [0.2, 0.25) is 0 Å². The third-order valence-electron chi connectivity index (χ3n) is 2.64. The average molecular weight is 219 g/mol. The molecule has 15 heavy (non-hydrogen) atoms. The summed E-state index contributed by atoms with van der Waals surface area (Å²) in [5, 5.41) is 0. The topological polar surface area (TPSA) is 26.0 Å². The lowest BCUT2D eigenvalue weighted by Crippen LogP contribution is -2.55. The van der Waals surface area contributed by atoms with Gasteiger partial charge in [-0.1, -0.05) is 6.07 Å².